The van der Waals surface area contributed by atoms with Crippen molar-refractivity contribution in [2.24, 2.45) is 0 Å². The van der Waals surface area contributed by atoms with Crippen LogP contribution in [0.15, 0.2) is 48.5 Å². The van der Waals surface area contributed by atoms with Crippen LogP contribution < -0.4 is 4.74 Å². The van der Waals surface area contributed by atoms with Gasteiger partial charge < -0.3 is 14.9 Å². The predicted molar refractivity (Wildman–Crippen MR) is 80.4 cm³/mol. The SMILES string of the molecule is Cc1cccc(-c2ccc(OCC(O)CC(=O)O)cc2)c1. The molecule has 4 nitrogen and oxygen atoms in total. The van der Waals surface area contributed by atoms with Gasteiger partial charge in [0.05, 0.1) is 12.5 Å². The second kappa shape index (κ2) is 6.90. The van der Waals surface area contributed by atoms with Crippen LogP contribution in [0, 0.1) is 6.92 Å². The monoisotopic (exact) mass is 286 g/mol. The van der Waals surface area contributed by atoms with Gasteiger partial charge in [-0.3, -0.25) is 4.79 Å². The van der Waals surface area contributed by atoms with E-state index < -0.39 is 12.1 Å². The molecule has 0 aromatic heterocycles. The topological polar surface area (TPSA) is 66.8 Å². The van der Waals surface area contributed by atoms with Crippen LogP contribution in [0.5, 0.6) is 5.75 Å². The molecule has 0 bridgehead atoms. The van der Waals surface area contributed by atoms with E-state index in [1.165, 1.54) is 5.56 Å². The smallest absolute Gasteiger partial charge is 0.306 e. The molecule has 1 atom stereocenters. The number of aliphatic hydroxyl groups is 1. The van der Waals surface area contributed by atoms with E-state index in [1.54, 1.807) is 0 Å². The molecule has 0 saturated carbocycles. The van der Waals surface area contributed by atoms with Crippen molar-refractivity contribution < 1.29 is 19.7 Å². The summed E-state index contributed by atoms with van der Waals surface area (Å²) >= 11 is 0. The fraction of sp³-hybridized carbons (Fsp3) is 0.235. The third kappa shape index (κ3) is 4.61. The number of carboxylic acid groups (broad SMARTS) is 1. The first-order valence-electron chi connectivity index (χ1n) is 6.74. The lowest BCUT2D eigenvalue weighted by Gasteiger charge is -2.11. The van der Waals surface area contributed by atoms with Gasteiger partial charge in [-0.15, -0.1) is 0 Å². The highest BCUT2D eigenvalue weighted by Crippen LogP contribution is 2.23. The summed E-state index contributed by atoms with van der Waals surface area (Å²) in [6.45, 7) is 2.01. The molecule has 1 unspecified atom stereocenters. The van der Waals surface area contributed by atoms with E-state index in [4.69, 9.17) is 9.84 Å². The van der Waals surface area contributed by atoms with Crippen molar-refractivity contribution in [2.75, 3.05) is 6.61 Å². The molecule has 2 rings (SSSR count). The zero-order valence-electron chi connectivity index (χ0n) is 11.8. The number of ether oxygens (including phenoxy) is 1. The first-order valence-corrected chi connectivity index (χ1v) is 6.74. The number of benzene rings is 2. The van der Waals surface area contributed by atoms with Crippen LogP contribution in [0.4, 0.5) is 0 Å². The molecule has 0 saturated heterocycles. The van der Waals surface area contributed by atoms with Gasteiger partial charge >= 0.3 is 5.97 Å². The third-order valence-electron chi connectivity index (χ3n) is 3.06. The fourth-order valence-corrected chi connectivity index (χ4v) is 2.02. The van der Waals surface area contributed by atoms with Crippen LogP contribution in [-0.2, 0) is 4.79 Å². The van der Waals surface area contributed by atoms with Crippen molar-refractivity contribution in [3.05, 3.63) is 54.1 Å². The third-order valence-corrected chi connectivity index (χ3v) is 3.06. The summed E-state index contributed by atoms with van der Waals surface area (Å²) in [6, 6.07) is 15.7. The van der Waals surface area contributed by atoms with Crippen molar-refractivity contribution in [1.82, 2.24) is 0 Å². The number of carboxylic acids is 1. The molecule has 110 valence electrons. The molecule has 0 amide bonds. The Morgan fingerprint density at radius 3 is 2.48 bits per heavy atom. The van der Waals surface area contributed by atoms with Gasteiger partial charge in [0.25, 0.3) is 0 Å². The first-order chi connectivity index (χ1) is 10.0. The average molecular weight is 286 g/mol. The van der Waals surface area contributed by atoms with E-state index in [2.05, 4.69) is 6.07 Å². The van der Waals surface area contributed by atoms with Crippen LogP contribution in [0.3, 0.4) is 0 Å². The van der Waals surface area contributed by atoms with Crippen LogP contribution >= 0.6 is 0 Å². The molecule has 0 fully saturated rings. The second-order valence-corrected chi connectivity index (χ2v) is 4.96. The highest BCUT2D eigenvalue weighted by atomic mass is 16.5. The number of aliphatic carboxylic acids is 1. The van der Waals surface area contributed by atoms with E-state index in [0.717, 1.165) is 11.1 Å². The summed E-state index contributed by atoms with van der Waals surface area (Å²) in [6.07, 6.45) is -1.32. The van der Waals surface area contributed by atoms with Gasteiger partial charge in [-0.1, -0.05) is 42.0 Å². The zero-order chi connectivity index (χ0) is 15.2. The molecule has 4 heteroatoms. The van der Waals surface area contributed by atoms with Crippen molar-refractivity contribution in [3.63, 3.8) is 0 Å². The van der Waals surface area contributed by atoms with Gasteiger partial charge in [-0.2, -0.15) is 0 Å². The highest BCUT2D eigenvalue weighted by molar-refractivity contribution is 5.67. The van der Waals surface area contributed by atoms with Crippen molar-refractivity contribution in [3.8, 4) is 16.9 Å². The summed E-state index contributed by atoms with van der Waals surface area (Å²) in [4.78, 5) is 10.4. The van der Waals surface area contributed by atoms with Crippen molar-refractivity contribution in [1.29, 1.82) is 0 Å². The van der Waals surface area contributed by atoms with Crippen LogP contribution in [0.2, 0.25) is 0 Å². The van der Waals surface area contributed by atoms with Gasteiger partial charge in [0.15, 0.2) is 0 Å². The summed E-state index contributed by atoms with van der Waals surface area (Å²) < 4.78 is 5.37. The standard InChI is InChI=1S/C17H18O4/c1-12-3-2-4-14(9-12)13-5-7-16(8-6-13)21-11-15(18)10-17(19)20/h2-9,15,18H,10-11H2,1H3,(H,19,20). The molecule has 0 spiro atoms. The minimum Gasteiger partial charge on any atom is -0.491 e. The molecule has 0 aliphatic rings. The molecular weight excluding hydrogens is 268 g/mol. The fourth-order valence-electron chi connectivity index (χ4n) is 2.02. The van der Waals surface area contributed by atoms with Crippen LogP contribution in [-0.4, -0.2) is 28.9 Å². The van der Waals surface area contributed by atoms with E-state index >= 15 is 0 Å². The highest BCUT2D eigenvalue weighted by Gasteiger charge is 2.10. The maximum Gasteiger partial charge on any atom is 0.306 e. The van der Waals surface area contributed by atoms with Gasteiger partial charge in [0.1, 0.15) is 12.4 Å². The number of hydrogen-bond acceptors (Lipinski definition) is 3. The Morgan fingerprint density at radius 2 is 1.86 bits per heavy atom. The lowest BCUT2D eigenvalue weighted by atomic mass is 10.0. The Bertz CT molecular complexity index is 604. The molecule has 0 heterocycles. The second-order valence-electron chi connectivity index (χ2n) is 4.96. The van der Waals surface area contributed by atoms with E-state index in [1.807, 2.05) is 49.4 Å². The normalized spacial score (nSPS) is 11.9. The van der Waals surface area contributed by atoms with E-state index in [0.29, 0.717) is 5.75 Å². The number of aryl methyl sites for hydroxylation is 1. The summed E-state index contributed by atoms with van der Waals surface area (Å²) in [5, 5.41) is 18.0. The summed E-state index contributed by atoms with van der Waals surface area (Å²) in [5.74, 6) is -0.434. The Balaban J connectivity index is 1.97. The van der Waals surface area contributed by atoms with E-state index in [9.17, 15) is 9.90 Å². The quantitative estimate of drug-likeness (QED) is 0.857. The lowest BCUT2D eigenvalue weighted by Crippen LogP contribution is -2.21. The van der Waals surface area contributed by atoms with Crippen LogP contribution in [0.25, 0.3) is 11.1 Å². The average Bonchev–Trinajstić information content (AvgIpc) is 2.45. The van der Waals surface area contributed by atoms with Crippen molar-refractivity contribution >= 4 is 5.97 Å². The van der Waals surface area contributed by atoms with E-state index in [-0.39, 0.29) is 13.0 Å². The minimum absolute atomic E-state index is 0.0317. The van der Waals surface area contributed by atoms with Gasteiger partial charge in [-0.25, -0.2) is 0 Å². The number of rotatable bonds is 6. The Morgan fingerprint density at radius 1 is 1.14 bits per heavy atom. The Labute approximate surface area is 123 Å². The van der Waals surface area contributed by atoms with Crippen molar-refractivity contribution in [2.45, 2.75) is 19.4 Å². The Hall–Kier alpha value is -2.33. The molecule has 0 radical (unpaired) electrons. The maximum absolute atomic E-state index is 10.4. The molecule has 2 aromatic carbocycles. The Kier molecular flexibility index (Phi) is 4.95. The predicted octanol–water partition coefficient (Wildman–Crippen LogP) is 2.88. The largest absolute Gasteiger partial charge is 0.491 e. The summed E-state index contributed by atoms with van der Waals surface area (Å²) in [7, 11) is 0. The number of carbonyl (C=O) groups is 1. The molecule has 2 aromatic rings. The number of hydrogen-bond donors (Lipinski definition) is 2. The maximum atomic E-state index is 10.4. The van der Waals surface area contributed by atoms with Gasteiger partial charge in [0.2, 0.25) is 0 Å². The molecule has 0 aliphatic carbocycles. The van der Waals surface area contributed by atoms with Crippen LogP contribution in [0.1, 0.15) is 12.0 Å². The molecular formula is C17H18O4. The molecule has 2 N–H and O–H groups in total. The van der Waals surface area contributed by atoms with Gasteiger partial charge in [0, 0.05) is 0 Å². The summed E-state index contributed by atoms with van der Waals surface area (Å²) in [5.41, 5.74) is 3.41. The van der Waals surface area contributed by atoms with Gasteiger partial charge in [-0.05, 0) is 30.2 Å². The first kappa shape index (κ1) is 15.1. The molecule has 0 aliphatic heterocycles. The molecule has 21 heavy (non-hydrogen) atoms. The number of aliphatic hydroxyl groups excluding tert-OH is 1. The lowest BCUT2D eigenvalue weighted by molar-refractivity contribution is -0.139. The minimum atomic E-state index is -1.04. The zero-order valence-corrected chi connectivity index (χ0v) is 11.8.